The number of rotatable bonds is 6. The van der Waals surface area contributed by atoms with Gasteiger partial charge in [0.15, 0.2) is 0 Å². The molecule has 14 heavy (non-hydrogen) atoms. The van der Waals surface area contributed by atoms with Crippen LogP contribution in [0.2, 0.25) is 0 Å². The number of hydrogen-bond acceptors (Lipinski definition) is 5. The maximum absolute atomic E-state index is 4.41. The molecule has 4 nitrogen and oxygen atoms in total. The third-order valence-electron chi connectivity index (χ3n) is 1.99. The highest BCUT2D eigenvalue weighted by Gasteiger charge is 2.08. The Hall–Kier alpha value is -0.840. The van der Waals surface area contributed by atoms with Gasteiger partial charge in [-0.2, -0.15) is 9.36 Å². The molecule has 1 heterocycles. The SMILES string of the molecule is CCCNc1nc(N(CC)CC)ns1. The highest BCUT2D eigenvalue weighted by Crippen LogP contribution is 2.17. The van der Waals surface area contributed by atoms with Gasteiger partial charge in [0.25, 0.3) is 0 Å². The molecule has 0 unspecified atom stereocenters. The van der Waals surface area contributed by atoms with E-state index < -0.39 is 0 Å². The summed E-state index contributed by atoms with van der Waals surface area (Å²) in [5.41, 5.74) is 0. The topological polar surface area (TPSA) is 41.1 Å². The monoisotopic (exact) mass is 214 g/mol. The molecule has 0 aromatic carbocycles. The van der Waals surface area contributed by atoms with Gasteiger partial charge in [0.1, 0.15) is 0 Å². The summed E-state index contributed by atoms with van der Waals surface area (Å²) in [5.74, 6) is 0.846. The number of hydrogen-bond donors (Lipinski definition) is 1. The fourth-order valence-electron chi connectivity index (χ4n) is 1.15. The van der Waals surface area contributed by atoms with Crippen molar-refractivity contribution in [2.45, 2.75) is 27.2 Å². The average molecular weight is 214 g/mol. The summed E-state index contributed by atoms with van der Waals surface area (Å²) in [5, 5.41) is 4.16. The molecular weight excluding hydrogens is 196 g/mol. The second-order valence-corrected chi connectivity index (χ2v) is 3.75. The van der Waals surface area contributed by atoms with E-state index in [4.69, 9.17) is 0 Å². The van der Waals surface area contributed by atoms with Crippen molar-refractivity contribution in [3.05, 3.63) is 0 Å². The van der Waals surface area contributed by atoms with Crippen LogP contribution in [0.4, 0.5) is 11.1 Å². The first-order valence-corrected chi connectivity index (χ1v) is 5.91. The zero-order chi connectivity index (χ0) is 10.4. The lowest BCUT2D eigenvalue weighted by molar-refractivity contribution is 0.834. The quantitative estimate of drug-likeness (QED) is 0.788. The Balaban J connectivity index is 2.57. The average Bonchev–Trinajstić information content (AvgIpc) is 2.65. The van der Waals surface area contributed by atoms with E-state index in [-0.39, 0.29) is 0 Å². The van der Waals surface area contributed by atoms with Gasteiger partial charge >= 0.3 is 0 Å². The van der Waals surface area contributed by atoms with E-state index in [1.807, 2.05) is 0 Å². The van der Waals surface area contributed by atoms with Gasteiger partial charge < -0.3 is 10.2 Å². The van der Waals surface area contributed by atoms with Crippen LogP contribution in [0.25, 0.3) is 0 Å². The first-order valence-electron chi connectivity index (χ1n) is 5.14. The molecule has 0 spiro atoms. The smallest absolute Gasteiger partial charge is 0.239 e. The Bertz CT molecular complexity index is 257. The lowest BCUT2D eigenvalue weighted by Gasteiger charge is -2.15. The lowest BCUT2D eigenvalue weighted by Crippen LogP contribution is -2.22. The summed E-state index contributed by atoms with van der Waals surface area (Å²) >= 11 is 1.43. The van der Waals surface area contributed by atoms with Gasteiger partial charge in [0.05, 0.1) is 0 Å². The van der Waals surface area contributed by atoms with E-state index in [1.165, 1.54) is 11.5 Å². The minimum atomic E-state index is 0.846. The zero-order valence-corrected chi connectivity index (χ0v) is 9.89. The van der Waals surface area contributed by atoms with Crippen molar-refractivity contribution in [1.82, 2.24) is 9.36 Å². The second kappa shape index (κ2) is 5.80. The van der Waals surface area contributed by atoms with Crippen LogP contribution in [0, 0.1) is 0 Å². The van der Waals surface area contributed by atoms with Gasteiger partial charge in [0, 0.05) is 31.2 Å². The van der Waals surface area contributed by atoms with Crippen molar-refractivity contribution in [3.63, 3.8) is 0 Å². The van der Waals surface area contributed by atoms with E-state index in [9.17, 15) is 0 Å². The van der Waals surface area contributed by atoms with Crippen molar-refractivity contribution in [2.75, 3.05) is 29.9 Å². The Morgan fingerprint density at radius 3 is 2.57 bits per heavy atom. The van der Waals surface area contributed by atoms with E-state index in [0.717, 1.165) is 37.1 Å². The van der Waals surface area contributed by atoms with Crippen molar-refractivity contribution >= 4 is 22.6 Å². The van der Waals surface area contributed by atoms with E-state index in [2.05, 4.69) is 40.3 Å². The van der Waals surface area contributed by atoms with Gasteiger partial charge in [-0.15, -0.1) is 0 Å². The summed E-state index contributed by atoms with van der Waals surface area (Å²) < 4.78 is 4.31. The maximum atomic E-state index is 4.41. The largest absolute Gasteiger partial charge is 0.360 e. The van der Waals surface area contributed by atoms with Gasteiger partial charge in [-0.3, -0.25) is 0 Å². The van der Waals surface area contributed by atoms with Crippen molar-refractivity contribution in [3.8, 4) is 0 Å². The van der Waals surface area contributed by atoms with Gasteiger partial charge in [-0.25, -0.2) is 0 Å². The van der Waals surface area contributed by atoms with Crippen LogP contribution in [-0.2, 0) is 0 Å². The molecule has 1 aromatic heterocycles. The Morgan fingerprint density at radius 2 is 2.00 bits per heavy atom. The third-order valence-corrected chi connectivity index (χ3v) is 2.65. The van der Waals surface area contributed by atoms with Crippen LogP contribution in [0.15, 0.2) is 0 Å². The lowest BCUT2D eigenvalue weighted by atomic mass is 10.5. The van der Waals surface area contributed by atoms with E-state index in [1.54, 1.807) is 0 Å². The fourth-order valence-corrected chi connectivity index (χ4v) is 1.77. The van der Waals surface area contributed by atoms with Crippen LogP contribution < -0.4 is 10.2 Å². The maximum Gasteiger partial charge on any atom is 0.239 e. The first kappa shape index (κ1) is 11.2. The summed E-state index contributed by atoms with van der Waals surface area (Å²) in [6.45, 7) is 9.25. The zero-order valence-electron chi connectivity index (χ0n) is 9.08. The highest BCUT2D eigenvalue weighted by atomic mass is 32.1. The molecule has 1 aromatic rings. The van der Waals surface area contributed by atoms with Crippen LogP contribution in [0.5, 0.6) is 0 Å². The van der Waals surface area contributed by atoms with Crippen LogP contribution >= 0.6 is 11.5 Å². The molecule has 0 radical (unpaired) electrons. The molecule has 1 N–H and O–H groups in total. The number of nitrogens with zero attached hydrogens (tertiary/aromatic N) is 3. The van der Waals surface area contributed by atoms with Crippen LogP contribution in [0.3, 0.4) is 0 Å². The molecule has 0 aliphatic rings. The predicted molar refractivity (Wildman–Crippen MR) is 62.3 cm³/mol. The van der Waals surface area contributed by atoms with E-state index in [0.29, 0.717) is 0 Å². The third kappa shape index (κ3) is 2.83. The minimum Gasteiger partial charge on any atom is -0.360 e. The molecule has 0 atom stereocenters. The molecule has 5 heteroatoms. The number of nitrogens with one attached hydrogen (secondary N) is 1. The molecule has 0 bridgehead atoms. The molecule has 1 rings (SSSR count). The highest BCUT2D eigenvalue weighted by molar-refractivity contribution is 7.09. The summed E-state index contributed by atoms with van der Waals surface area (Å²) in [7, 11) is 0. The second-order valence-electron chi connectivity index (χ2n) is 3.00. The molecule has 0 saturated carbocycles. The van der Waals surface area contributed by atoms with E-state index >= 15 is 0 Å². The predicted octanol–water partition coefficient (Wildman–Crippen LogP) is 2.21. The molecular formula is C9H18N4S. The van der Waals surface area contributed by atoms with Crippen molar-refractivity contribution in [1.29, 1.82) is 0 Å². The van der Waals surface area contributed by atoms with Gasteiger partial charge in [0.2, 0.25) is 11.1 Å². The standard InChI is InChI=1S/C9H18N4S/c1-4-7-10-9-11-8(12-14-9)13(5-2)6-3/h4-7H2,1-3H3,(H,10,11,12). The molecule has 80 valence electrons. The minimum absolute atomic E-state index is 0.846. The molecule has 0 aliphatic heterocycles. The Labute approximate surface area is 89.5 Å². The molecule has 0 fully saturated rings. The van der Waals surface area contributed by atoms with Crippen molar-refractivity contribution in [2.24, 2.45) is 0 Å². The van der Waals surface area contributed by atoms with Crippen molar-refractivity contribution < 1.29 is 0 Å². The Morgan fingerprint density at radius 1 is 1.29 bits per heavy atom. The molecule has 0 amide bonds. The number of aromatic nitrogens is 2. The van der Waals surface area contributed by atoms with Gasteiger partial charge in [-0.05, 0) is 20.3 Å². The normalized spacial score (nSPS) is 10.2. The summed E-state index contributed by atoms with van der Waals surface area (Å²) in [4.78, 5) is 6.56. The summed E-state index contributed by atoms with van der Waals surface area (Å²) in [6, 6.07) is 0. The van der Waals surface area contributed by atoms with Crippen LogP contribution in [-0.4, -0.2) is 29.0 Å². The Kier molecular flexibility index (Phi) is 4.65. The number of anilines is 2. The fraction of sp³-hybridized carbons (Fsp3) is 0.778. The first-order chi connectivity index (χ1) is 6.81. The summed E-state index contributed by atoms with van der Waals surface area (Å²) in [6.07, 6.45) is 1.11. The van der Waals surface area contributed by atoms with Gasteiger partial charge in [-0.1, -0.05) is 6.92 Å². The molecule has 0 aliphatic carbocycles. The molecule has 0 saturated heterocycles. The van der Waals surface area contributed by atoms with Crippen LogP contribution in [0.1, 0.15) is 27.2 Å².